The molecule has 2 N–H and O–H groups in total. The molecule has 8 nitrogen and oxygen atoms in total. The number of rotatable bonds is 6. The fourth-order valence-corrected chi connectivity index (χ4v) is 6.20. The lowest BCUT2D eigenvalue weighted by molar-refractivity contribution is -0.120. The van der Waals surface area contributed by atoms with E-state index in [1.165, 1.54) is 4.90 Å². The van der Waals surface area contributed by atoms with Crippen LogP contribution in [-0.4, -0.2) is 40.9 Å². The molecule has 0 saturated carbocycles. The molecular formula is C35H30N4O4. The molecule has 0 aliphatic carbocycles. The van der Waals surface area contributed by atoms with E-state index in [-0.39, 0.29) is 11.8 Å². The van der Waals surface area contributed by atoms with Crippen LogP contribution in [0.5, 0.6) is 5.75 Å². The Labute approximate surface area is 248 Å². The third-order valence-corrected chi connectivity index (χ3v) is 8.44. The zero-order valence-electron chi connectivity index (χ0n) is 23.8. The summed E-state index contributed by atoms with van der Waals surface area (Å²) in [5.74, 6) is 0.200. The number of urea groups is 1. The van der Waals surface area contributed by atoms with E-state index in [1.54, 1.807) is 36.3 Å². The zero-order valence-corrected chi connectivity index (χ0v) is 23.8. The summed E-state index contributed by atoms with van der Waals surface area (Å²) in [6.45, 7) is 2.42. The minimum absolute atomic E-state index is 0.228. The van der Waals surface area contributed by atoms with Gasteiger partial charge in [0, 0.05) is 35.1 Å². The Bertz CT molecular complexity index is 1860. The van der Waals surface area contributed by atoms with E-state index in [4.69, 9.17) is 4.74 Å². The lowest BCUT2D eigenvalue weighted by Crippen LogP contribution is -2.44. The molecule has 0 radical (unpaired) electrons. The topological polar surface area (TPSA) is 94.7 Å². The van der Waals surface area contributed by atoms with Crippen LogP contribution in [0.4, 0.5) is 10.5 Å². The van der Waals surface area contributed by atoms with Crippen LogP contribution in [0.15, 0.2) is 97.1 Å². The van der Waals surface area contributed by atoms with Gasteiger partial charge in [0.2, 0.25) is 0 Å². The van der Waals surface area contributed by atoms with Gasteiger partial charge in [0.05, 0.1) is 12.8 Å². The number of hydrogen-bond acceptors (Lipinski definition) is 4. The van der Waals surface area contributed by atoms with Crippen LogP contribution in [0, 0.1) is 6.92 Å². The van der Waals surface area contributed by atoms with Gasteiger partial charge in [-0.2, -0.15) is 0 Å². The van der Waals surface area contributed by atoms with Gasteiger partial charge in [-0.25, -0.2) is 9.69 Å². The highest BCUT2D eigenvalue weighted by atomic mass is 16.5. The molecule has 1 aromatic heterocycles. The normalized spacial score (nSPS) is 17.6. The Morgan fingerprint density at radius 2 is 1.65 bits per heavy atom. The number of carbonyl (C=O) groups excluding carboxylic acids is 3. The van der Waals surface area contributed by atoms with Crippen LogP contribution < -0.4 is 15.0 Å². The summed E-state index contributed by atoms with van der Waals surface area (Å²) in [6.07, 6.45) is 0.409. The molecule has 2 atom stereocenters. The van der Waals surface area contributed by atoms with Crippen LogP contribution in [0.3, 0.4) is 0 Å². The maximum Gasteiger partial charge on any atom is 0.332 e. The fourth-order valence-electron chi connectivity index (χ4n) is 6.20. The zero-order chi connectivity index (χ0) is 29.7. The standard InChI is InChI=1S/C35H30N4O4/c1-21-7-9-22(10-8-21)20-36-33(40)24-11-15-25(16-12-24)38-34(41)30-19-28-27-5-3-4-6-29(27)37-31(28)32(39(30)35(38)42)23-13-17-26(43-2)18-14-23/h3-18,30,32,37H,19-20H2,1-2H3,(H,36,40)/t30-,32?/m0/s1. The predicted octanol–water partition coefficient (Wildman–Crippen LogP) is 5.90. The van der Waals surface area contributed by atoms with Gasteiger partial charge in [-0.3, -0.25) is 14.5 Å². The highest BCUT2D eigenvalue weighted by molar-refractivity contribution is 6.22. The molecule has 4 aromatic carbocycles. The third-order valence-electron chi connectivity index (χ3n) is 8.44. The molecule has 0 spiro atoms. The van der Waals surface area contributed by atoms with Crippen molar-refractivity contribution >= 4 is 34.4 Å². The second kappa shape index (κ2) is 10.5. The Kier molecular flexibility index (Phi) is 6.46. The van der Waals surface area contributed by atoms with Gasteiger partial charge in [-0.15, -0.1) is 0 Å². The number of carbonyl (C=O) groups is 3. The number of amides is 4. The SMILES string of the molecule is COc1ccc(C2c3[nH]c4ccccc4c3C[C@H]3C(=O)N(c4ccc(C(=O)NCc5ccc(C)cc5)cc4)C(=O)N23)cc1. The van der Waals surface area contributed by atoms with Crippen molar-refractivity contribution in [1.82, 2.24) is 15.2 Å². The van der Waals surface area contributed by atoms with Crippen molar-refractivity contribution in [2.45, 2.75) is 32.0 Å². The number of aryl methyl sites for hydroxylation is 1. The minimum atomic E-state index is -0.663. The van der Waals surface area contributed by atoms with Gasteiger partial charge in [0.1, 0.15) is 17.8 Å². The van der Waals surface area contributed by atoms with Crippen molar-refractivity contribution < 1.29 is 19.1 Å². The first-order valence-corrected chi connectivity index (χ1v) is 14.3. The second-order valence-corrected chi connectivity index (χ2v) is 11.0. The number of H-pyrrole nitrogens is 1. The molecule has 2 aliphatic rings. The van der Waals surface area contributed by atoms with E-state index < -0.39 is 18.1 Å². The highest BCUT2D eigenvalue weighted by Crippen LogP contribution is 2.45. The molecule has 3 heterocycles. The molecule has 1 fully saturated rings. The molecule has 2 aliphatic heterocycles. The number of benzene rings is 4. The van der Waals surface area contributed by atoms with Crippen molar-refractivity contribution in [3.8, 4) is 5.75 Å². The summed E-state index contributed by atoms with van der Waals surface area (Å²) in [6, 6.07) is 28.7. The lowest BCUT2D eigenvalue weighted by Gasteiger charge is -2.36. The van der Waals surface area contributed by atoms with E-state index in [9.17, 15) is 14.4 Å². The molecule has 0 bridgehead atoms. The van der Waals surface area contributed by atoms with E-state index in [0.717, 1.165) is 38.9 Å². The van der Waals surface area contributed by atoms with Crippen LogP contribution >= 0.6 is 0 Å². The minimum Gasteiger partial charge on any atom is -0.497 e. The first-order valence-electron chi connectivity index (χ1n) is 14.3. The number of aromatic amines is 1. The molecule has 1 unspecified atom stereocenters. The number of anilines is 1. The van der Waals surface area contributed by atoms with Crippen LogP contribution in [-0.2, 0) is 17.8 Å². The van der Waals surface area contributed by atoms with Gasteiger partial charge in [-0.1, -0.05) is 60.2 Å². The number of nitrogens with zero attached hydrogens (tertiary/aromatic N) is 2. The maximum absolute atomic E-state index is 14.1. The van der Waals surface area contributed by atoms with Crippen LogP contribution in [0.1, 0.15) is 44.3 Å². The molecule has 8 heteroatoms. The van der Waals surface area contributed by atoms with Gasteiger partial charge < -0.3 is 15.0 Å². The van der Waals surface area contributed by atoms with E-state index in [0.29, 0.717) is 30.0 Å². The number of para-hydroxylation sites is 1. The van der Waals surface area contributed by atoms with E-state index in [2.05, 4.69) is 10.3 Å². The summed E-state index contributed by atoms with van der Waals surface area (Å²) in [5, 5.41) is 3.98. The molecule has 43 heavy (non-hydrogen) atoms. The quantitative estimate of drug-likeness (QED) is 0.249. The summed E-state index contributed by atoms with van der Waals surface area (Å²) in [5.41, 5.74) is 6.84. The summed E-state index contributed by atoms with van der Waals surface area (Å²) in [7, 11) is 1.61. The Balaban J connectivity index is 1.19. The van der Waals surface area contributed by atoms with Crippen molar-refractivity contribution in [1.29, 1.82) is 0 Å². The number of fused-ring (bicyclic) bond motifs is 4. The summed E-state index contributed by atoms with van der Waals surface area (Å²) in [4.78, 5) is 47.3. The summed E-state index contributed by atoms with van der Waals surface area (Å²) < 4.78 is 5.36. The first kappa shape index (κ1) is 26.5. The highest BCUT2D eigenvalue weighted by Gasteiger charge is 2.53. The number of imide groups is 1. The molecule has 1 saturated heterocycles. The van der Waals surface area contributed by atoms with Crippen LogP contribution in [0.25, 0.3) is 10.9 Å². The maximum atomic E-state index is 14.1. The van der Waals surface area contributed by atoms with Gasteiger partial charge >= 0.3 is 6.03 Å². The summed E-state index contributed by atoms with van der Waals surface area (Å²) >= 11 is 0. The average molecular weight is 571 g/mol. The molecule has 5 aromatic rings. The largest absolute Gasteiger partial charge is 0.497 e. The third kappa shape index (κ3) is 4.52. The van der Waals surface area contributed by atoms with E-state index >= 15 is 0 Å². The van der Waals surface area contributed by atoms with Crippen molar-refractivity contribution in [3.63, 3.8) is 0 Å². The molecule has 4 amide bonds. The van der Waals surface area contributed by atoms with Crippen LogP contribution in [0.2, 0.25) is 0 Å². The number of aromatic nitrogens is 1. The Morgan fingerprint density at radius 3 is 2.37 bits per heavy atom. The number of nitrogens with one attached hydrogen (secondary N) is 2. The molecular weight excluding hydrogens is 540 g/mol. The van der Waals surface area contributed by atoms with Crippen molar-refractivity contribution in [2.24, 2.45) is 0 Å². The Hall–Kier alpha value is -5.37. The Morgan fingerprint density at radius 1 is 0.930 bits per heavy atom. The monoisotopic (exact) mass is 570 g/mol. The average Bonchev–Trinajstić information content (AvgIpc) is 3.53. The lowest BCUT2D eigenvalue weighted by atomic mass is 9.89. The van der Waals surface area contributed by atoms with Gasteiger partial charge in [0.25, 0.3) is 11.8 Å². The fraction of sp³-hybridized carbons (Fsp3) is 0.171. The number of hydrogen-bond donors (Lipinski definition) is 2. The van der Waals surface area contributed by atoms with Gasteiger partial charge in [0.15, 0.2) is 0 Å². The van der Waals surface area contributed by atoms with E-state index in [1.807, 2.05) is 79.7 Å². The van der Waals surface area contributed by atoms with Crippen molar-refractivity contribution in [2.75, 3.05) is 12.0 Å². The van der Waals surface area contributed by atoms with Crippen molar-refractivity contribution in [3.05, 3.63) is 131 Å². The molecule has 214 valence electrons. The smallest absolute Gasteiger partial charge is 0.332 e. The predicted molar refractivity (Wildman–Crippen MR) is 164 cm³/mol. The van der Waals surface area contributed by atoms with Gasteiger partial charge in [-0.05, 0) is 66.1 Å². The number of ether oxygens (including phenoxy) is 1. The molecule has 7 rings (SSSR count). The first-order chi connectivity index (χ1) is 20.9. The number of methoxy groups -OCH3 is 1. The second-order valence-electron chi connectivity index (χ2n) is 11.0.